The number of rotatable bonds is 6. The van der Waals surface area contributed by atoms with Crippen LogP contribution in [0.4, 0.5) is 0 Å². The maximum Gasteiger partial charge on any atom is 0.234 e. The summed E-state index contributed by atoms with van der Waals surface area (Å²) in [7, 11) is -3.15. The Morgan fingerprint density at radius 3 is 2.38 bits per heavy atom. The highest BCUT2D eigenvalue weighted by molar-refractivity contribution is 7.88. The third-order valence-corrected chi connectivity index (χ3v) is 2.10. The Bertz CT molecular complexity index is 262. The lowest BCUT2D eigenvalue weighted by Crippen LogP contribution is -2.42. The summed E-state index contributed by atoms with van der Waals surface area (Å²) in [6, 6.07) is -0.443. The molecule has 6 nitrogen and oxygen atoms in total. The number of hydrogen-bond donors (Lipinski definition) is 3. The van der Waals surface area contributed by atoms with Gasteiger partial charge in [-0.25, -0.2) is 13.1 Å². The van der Waals surface area contributed by atoms with Crippen LogP contribution in [-0.2, 0) is 14.8 Å². The SMILES string of the molecule is CC(NCCNS(C)(=O)=O)C(N)=O. The zero-order valence-corrected chi connectivity index (χ0v) is 8.52. The van der Waals surface area contributed by atoms with Gasteiger partial charge >= 0.3 is 0 Å². The predicted octanol–water partition coefficient (Wildman–Crippen LogP) is -2.00. The van der Waals surface area contributed by atoms with Crippen molar-refractivity contribution in [3.05, 3.63) is 0 Å². The number of nitrogens with one attached hydrogen (secondary N) is 2. The van der Waals surface area contributed by atoms with E-state index in [4.69, 9.17) is 5.73 Å². The fraction of sp³-hybridized carbons (Fsp3) is 0.833. The number of nitrogens with two attached hydrogens (primary N) is 1. The molecule has 0 spiro atoms. The van der Waals surface area contributed by atoms with E-state index in [9.17, 15) is 13.2 Å². The average Bonchev–Trinajstić information content (AvgIpc) is 1.95. The molecule has 0 fully saturated rings. The van der Waals surface area contributed by atoms with Crippen LogP contribution in [0.15, 0.2) is 0 Å². The smallest absolute Gasteiger partial charge is 0.234 e. The fourth-order valence-electron chi connectivity index (χ4n) is 0.626. The quantitative estimate of drug-likeness (QED) is 0.440. The highest BCUT2D eigenvalue weighted by Gasteiger charge is 2.06. The van der Waals surface area contributed by atoms with Crippen molar-refractivity contribution in [3.8, 4) is 0 Å². The maximum atomic E-state index is 10.6. The lowest BCUT2D eigenvalue weighted by Gasteiger charge is -2.09. The molecule has 13 heavy (non-hydrogen) atoms. The molecule has 1 amide bonds. The molecular formula is C6H15N3O3S. The first-order chi connectivity index (χ1) is 5.83. The molecular weight excluding hydrogens is 194 g/mol. The fourth-order valence-corrected chi connectivity index (χ4v) is 1.10. The summed E-state index contributed by atoms with van der Waals surface area (Å²) in [6.45, 7) is 2.23. The van der Waals surface area contributed by atoms with E-state index in [1.54, 1.807) is 6.92 Å². The summed E-state index contributed by atoms with van der Waals surface area (Å²) in [4.78, 5) is 10.5. The minimum atomic E-state index is -3.15. The second-order valence-corrected chi connectivity index (χ2v) is 4.58. The van der Waals surface area contributed by atoms with Crippen LogP contribution in [0.2, 0.25) is 0 Å². The van der Waals surface area contributed by atoms with Crippen LogP contribution in [0, 0.1) is 0 Å². The van der Waals surface area contributed by atoms with Crippen LogP contribution >= 0.6 is 0 Å². The molecule has 1 atom stereocenters. The third-order valence-electron chi connectivity index (χ3n) is 1.37. The van der Waals surface area contributed by atoms with Crippen LogP contribution in [0.25, 0.3) is 0 Å². The van der Waals surface area contributed by atoms with E-state index < -0.39 is 22.0 Å². The van der Waals surface area contributed by atoms with Gasteiger partial charge in [-0.15, -0.1) is 0 Å². The first-order valence-corrected chi connectivity index (χ1v) is 5.69. The average molecular weight is 209 g/mol. The summed E-state index contributed by atoms with van der Waals surface area (Å²) in [5.74, 6) is -0.459. The second kappa shape index (κ2) is 5.15. The maximum absolute atomic E-state index is 10.6. The second-order valence-electron chi connectivity index (χ2n) is 2.74. The number of amides is 1. The highest BCUT2D eigenvalue weighted by Crippen LogP contribution is 1.77. The highest BCUT2D eigenvalue weighted by atomic mass is 32.2. The van der Waals surface area contributed by atoms with E-state index >= 15 is 0 Å². The first kappa shape index (κ1) is 12.3. The van der Waals surface area contributed by atoms with Gasteiger partial charge in [0.2, 0.25) is 15.9 Å². The molecule has 0 aromatic heterocycles. The normalized spacial score (nSPS) is 14.0. The van der Waals surface area contributed by atoms with E-state index in [-0.39, 0.29) is 6.54 Å². The van der Waals surface area contributed by atoms with Crippen LogP contribution < -0.4 is 15.8 Å². The van der Waals surface area contributed by atoms with Gasteiger partial charge in [0.05, 0.1) is 12.3 Å². The minimum absolute atomic E-state index is 0.246. The van der Waals surface area contributed by atoms with Gasteiger partial charge in [0.1, 0.15) is 0 Å². The number of primary amides is 1. The first-order valence-electron chi connectivity index (χ1n) is 3.80. The van der Waals surface area contributed by atoms with Gasteiger partial charge in [-0.1, -0.05) is 0 Å². The zero-order chi connectivity index (χ0) is 10.5. The van der Waals surface area contributed by atoms with E-state index in [1.165, 1.54) is 0 Å². The minimum Gasteiger partial charge on any atom is -0.368 e. The van der Waals surface area contributed by atoms with E-state index in [0.717, 1.165) is 6.26 Å². The largest absolute Gasteiger partial charge is 0.368 e. The van der Waals surface area contributed by atoms with Crippen molar-refractivity contribution in [2.24, 2.45) is 5.73 Å². The van der Waals surface area contributed by atoms with Crippen LogP contribution in [0.5, 0.6) is 0 Å². The monoisotopic (exact) mass is 209 g/mol. The molecule has 0 aromatic rings. The van der Waals surface area contributed by atoms with E-state index in [2.05, 4.69) is 10.0 Å². The number of carbonyl (C=O) groups is 1. The van der Waals surface area contributed by atoms with Crippen LogP contribution in [0.3, 0.4) is 0 Å². The summed E-state index contributed by atoms with van der Waals surface area (Å²) in [5.41, 5.74) is 4.96. The van der Waals surface area contributed by atoms with Gasteiger partial charge in [0.25, 0.3) is 0 Å². The predicted molar refractivity (Wildman–Crippen MR) is 49.5 cm³/mol. The van der Waals surface area contributed by atoms with Gasteiger partial charge in [-0.05, 0) is 6.92 Å². The molecule has 0 radical (unpaired) electrons. The Morgan fingerprint density at radius 2 is 2.00 bits per heavy atom. The summed E-state index contributed by atoms with van der Waals surface area (Å²) < 4.78 is 23.4. The molecule has 0 saturated heterocycles. The molecule has 0 aliphatic rings. The summed E-state index contributed by atoms with van der Waals surface area (Å²) in [6.07, 6.45) is 1.07. The van der Waals surface area contributed by atoms with Crippen molar-refractivity contribution in [2.75, 3.05) is 19.3 Å². The lowest BCUT2D eigenvalue weighted by atomic mass is 10.3. The molecule has 0 bridgehead atoms. The summed E-state index contributed by atoms with van der Waals surface area (Å²) >= 11 is 0. The van der Waals surface area contributed by atoms with Crippen molar-refractivity contribution in [1.29, 1.82) is 0 Å². The van der Waals surface area contributed by atoms with Gasteiger partial charge in [0.15, 0.2) is 0 Å². The van der Waals surface area contributed by atoms with Crippen LogP contribution in [0.1, 0.15) is 6.92 Å². The Hall–Kier alpha value is -0.660. The molecule has 78 valence electrons. The topological polar surface area (TPSA) is 101 Å². The van der Waals surface area contributed by atoms with Crippen molar-refractivity contribution >= 4 is 15.9 Å². The molecule has 0 rings (SSSR count). The molecule has 0 aliphatic heterocycles. The van der Waals surface area contributed by atoms with Crippen molar-refractivity contribution in [2.45, 2.75) is 13.0 Å². The Balaban J connectivity index is 3.53. The van der Waals surface area contributed by atoms with Crippen molar-refractivity contribution < 1.29 is 13.2 Å². The number of sulfonamides is 1. The molecule has 4 N–H and O–H groups in total. The van der Waals surface area contributed by atoms with Gasteiger partial charge < -0.3 is 11.1 Å². The lowest BCUT2D eigenvalue weighted by molar-refractivity contribution is -0.119. The Labute approximate surface area is 77.9 Å². The Morgan fingerprint density at radius 1 is 1.46 bits per heavy atom. The molecule has 1 unspecified atom stereocenters. The van der Waals surface area contributed by atoms with Gasteiger partial charge in [0, 0.05) is 13.1 Å². The number of carbonyl (C=O) groups excluding carboxylic acids is 1. The molecule has 7 heteroatoms. The van der Waals surface area contributed by atoms with Crippen molar-refractivity contribution in [1.82, 2.24) is 10.0 Å². The molecule has 0 aromatic carbocycles. The van der Waals surface area contributed by atoms with Gasteiger partial charge in [-0.3, -0.25) is 4.79 Å². The summed E-state index contributed by atoms with van der Waals surface area (Å²) in [5, 5.41) is 2.75. The van der Waals surface area contributed by atoms with Crippen molar-refractivity contribution in [3.63, 3.8) is 0 Å². The third kappa shape index (κ3) is 7.69. The molecule has 0 aliphatic carbocycles. The Kier molecular flexibility index (Phi) is 4.89. The zero-order valence-electron chi connectivity index (χ0n) is 7.70. The van der Waals surface area contributed by atoms with E-state index in [0.29, 0.717) is 6.54 Å². The standard InChI is InChI=1S/C6H15N3O3S/c1-5(6(7)10)8-3-4-9-13(2,11)12/h5,8-9H,3-4H2,1-2H3,(H2,7,10). The molecule has 0 saturated carbocycles. The van der Waals surface area contributed by atoms with Gasteiger partial charge in [-0.2, -0.15) is 0 Å². The van der Waals surface area contributed by atoms with E-state index in [1.807, 2.05) is 0 Å². The van der Waals surface area contributed by atoms with Crippen LogP contribution in [-0.4, -0.2) is 39.7 Å². The number of hydrogen-bond acceptors (Lipinski definition) is 4. The molecule has 0 heterocycles.